The number of hydrogen-bond acceptors (Lipinski definition) is 5. The van der Waals surface area contributed by atoms with Gasteiger partial charge in [-0.3, -0.25) is 0 Å². The number of nitrogens with two attached hydrogens (primary N) is 1. The van der Waals surface area contributed by atoms with Crippen LogP contribution in [0.2, 0.25) is 10.0 Å². The van der Waals surface area contributed by atoms with Gasteiger partial charge in [-0.05, 0) is 13.1 Å². The first-order valence-electron chi connectivity index (χ1n) is 5.72. The maximum absolute atomic E-state index is 6.03. The first kappa shape index (κ1) is 13.7. The zero-order valence-electron chi connectivity index (χ0n) is 10.1. The molecule has 2 heterocycles. The average Bonchev–Trinajstić information content (AvgIpc) is 2.32. The van der Waals surface area contributed by atoms with Gasteiger partial charge in [0.05, 0.1) is 22.8 Å². The summed E-state index contributed by atoms with van der Waals surface area (Å²) < 4.78 is 5.63. The van der Waals surface area contributed by atoms with Crippen molar-refractivity contribution < 1.29 is 4.74 Å². The van der Waals surface area contributed by atoms with Crippen LogP contribution >= 0.6 is 23.2 Å². The molecule has 1 fully saturated rings. The highest BCUT2D eigenvalue weighted by atomic mass is 35.5. The van der Waals surface area contributed by atoms with E-state index in [4.69, 9.17) is 33.7 Å². The molecule has 0 radical (unpaired) electrons. The third-order valence-electron chi connectivity index (χ3n) is 2.80. The molecule has 0 amide bonds. The van der Waals surface area contributed by atoms with Crippen molar-refractivity contribution in [2.24, 2.45) is 0 Å². The smallest absolute Gasteiger partial charge is 0.147 e. The first-order valence-corrected chi connectivity index (χ1v) is 6.47. The third kappa shape index (κ3) is 3.38. The Labute approximate surface area is 116 Å². The van der Waals surface area contributed by atoms with E-state index in [0.717, 1.165) is 19.7 Å². The largest absolute Gasteiger partial charge is 0.382 e. The molecule has 1 aromatic heterocycles. The summed E-state index contributed by atoms with van der Waals surface area (Å²) in [6.45, 7) is 3.22. The van der Waals surface area contributed by atoms with Gasteiger partial charge < -0.3 is 20.7 Å². The van der Waals surface area contributed by atoms with E-state index in [1.54, 1.807) is 6.07 Å². The predicted octanol–water partition coefficient (Wildman–Crippen LogP) is 1.71. The lowest BCUT2D eigenvalue weighted by molar-refractivity contribution is -0.0117. The number of nitrogen functional groups attached to an aromatic ring is 1. The van der Waals surface area contributed by atoms with E-state index in [1.807, 2.05) is 0 Å². The number of pyridine rings is 1. The number of ether oxygens (including phenoxy) is 1. The van der Waals surface area contributed by atoms with Gasteiger partial charge in [-0.15, -0.1) is 0 Å². The minimum atomic E-state index is 0.124. The van der Waals surface area contributed by atoms with Crippen LogP contribution in [0.25, 0.3) is 0 Å². The van der Waals surface area contributed by atoms with Crippen molar-refractivity contribution in [1.29, 1.82) is 0 Å². The molecule has 1 aliphatic rings. The number of nitrogens with zero attached hydrogens (tertiary/aromatic N) is 2. The van der Waals surface area contributed by atoms with Crippen molar-refractivity contribution in [3.05, 3.63) is 16.1 Å². The van der Waals surface area contributed by atoms with Gasteiger partial charge in [-0.1, -0.05) is 23.2 Å². The third-order valence-corrected chi connectivity index (χ3v) is 3.39. The van der Waals surface area contributed by atoms with Gasteiger partial charge in [0.15, 0.2) is 0 Å². The molecule has 0 aliphatic carbocycles. The Morgan fingerprint density at radius 1 is 1.56 bits per heavy atom. The Balaban J connectivity index is 1.95. The molecule has 100 valence electrons. The summed E-state index contributed by atoms with van der Waals surface area (Å²) in [7, 11) is 2.07. The van der Waals surface area contributed by atoms with Gasteiger partial charge in [0.25, 0.3) is 0 Å². The quantitative estimate of drug-likeness (QED) is 0.887. The second-order valence-electron chi connectivity index (χ2n) is 4.32. The Kier molecular flexibility index (Phi) is 4.50. The van der Waals surface area contributed by atoms with E-state index in [9.17, 15) is 0 Å². The maximum atomic E-state index is 6.03. The number of likely N-dealkylation sites (N-methyl/N-ethyl adjacent to an activating group) is 1. The average molecular weight is 291 g/mol. The molecule has 2 rings (SSSR count). The van der Waals surface area contributed by atoms with Gasteiger partial charge >= 0.3 is 0 Å². The van der Waals surface area contributed by atoms with Crippen molar-refractivity contribution >= 4 is 34.8 Å². The second kappa shape index (κ2) is 5.93. The van der Waals surface area contributed by atoms with Gasteiger partial charge in [0.2, 0.25) is 0 Å². The number of halogens is 2. The maximum Gasteiger partial charge on any atom is 0.147 e. The Bertz CT molecular complexity index is 430. The van der Waals surface area contributed by atoms with Crippen molar-refractivity contribution in [1.82, 2.24) is 9.88 Å². The molecule has 1 saturated heterocycles. The molecule has 0 saturated carbocycles. The Morgan fingerprint density at radius 2 is 2.33 bits per heavy atom. The molecule has 3 N–H and O–H groups in total. The highest BCUT2D eigenvalue weighted by Crippen LogP contribution is 2.27. The minimum Gasteiger partial charge on any atom is -0.382 e. The fraction of sp³-hybridized carbons (Fsp3) is 0.545. The molecule has 0 spiro atoms. The van der Waals surface area contributed by atoms with Crippen LogP contribution in [0.5, 0.6) is 0 Å². The number of rotatable bonds is 3. The van der Waals surface area contributed by atoms with Crippen LogP contribution in [0.4, 0.5) is 11.6 Å². The molecule has 1 atom stereocenters. The highest BCUT2D eigenvalue weighted by Gasteiger charge is 2.18. The highest BCUT2D eigenvalue weighted by molar-refractivity contribution is 6.37. The topological polar surface area (TPSA) is 63.4 Å². The molecular weight excluding hydrogens is 275 g/mol. The Morgan fingerprint density at radius 3 is 3.06 bits per heavy atom. The van der Waals surface area contributed by atoms with Crippen molar-refractivity contribution in [2.75, 3.05) is 44.3 Å². The van der Waals surface area contributed by atoms with E-state index in [2.05, 4.69) is 22.2 Å². The lowest BCUT2D eigenvalue weighted by atomic mass is 10.3. The number of aromatic nitrogens is 1. The van der Waals surface area contributed by atoms with Crippen LogP contribution in [-0.4, -0.2) is 49.3 Å². The number of morpholine rings is 1. The van der Waals surface area contributed by atoms with E-state index >= 15 is 0 Å². The summed E-state index contributed by atoms with van der Waals surface area (Å²) in [4.78, 5) is 6.33. The molecule has 0 bridgehead atoms. The summed E-state index contributed by atoms with van der Waals surface area (Å²) in [6, 6.07) is 1.58. The van der Waals surface area contributed by atoms with Gasteiger partial charge in [0, 0.05) is 19.6 Å². The fourth-order valence-corrected chi connectivity index (χ4v) is 2.23. The minimum absolute atomic E-state index is 0.124. The molecule has 0 aromatic carbocycles. The molecule has 18 heavy (non-hydrogen) atoms. The zero-order valence-corrected chi connectivity index (χ0v) is 11.6. The van der Waals surface area contributed by atoms with Gasteiger partial charge in [-0.25, -0.2) is 4.98 Å². The fourth-order valence-electron chi connectivity index (χ4n) is 1.81. The molecule has 1 aliphatic heterocycles. The Hall–Kier alpha value is -0.750. The summed E-state index contributed by atoms with van der Waals surface area (Å²) in [5.41, 5.74) is 5.64. The summed E-state index contributed by atoms with van der Waals surface area (Å²) >= 11 is 11.9. The zero-order chi connectivity index (χ0) is 13.1. The van der Waals surface area contributed by atoms with Gasteiger partial charge in [-0.2, -0.15) is 0 Å². The lowest BCUT2D eigenvalue weighted by Gasteiger charge is -2.30. The molecule has 7 heteroatoms. The summed E-state index contributed by atoms with van der Waals surface area (Å²) in [6.07, 6.45) is 0.124. The van der Waals surface area contributed by atoms with E-state index in [0.29, 0.717) is 22.4 Å². The second-order valence-corrected chi connectivity index (χ2v) is 5.14. The van der Waals surface area contributed by atoms with Crippen molar-refractivity contribution in [2.45, 2.75) is 6.10 Å². The van der Waals surface area contributed by atoms with Crippen LogP contribution in [0, 0.1) is 0 Å². The van der Waals surface area contributed by atoms with Crippen LogP contribution in [-0.2, 0) is 4.74 Å². The van der Waals surface area contributed by atoms with Crippen molar-refractivity contribution in [3.8, 4) is 0 Å². The molecule has 1 aromatic rings. The first-order chi connectivity index (χ1) is 8.56. The van der Waals surface area contributed by atoms with E-state index in [1.165, 1.54) is 0 Å². The van der Waals surface area contributed by atoms with Gasteiger partial charge in [0.1, 0.15) is 11.6 Å². The molecule has 1 unspecified atom stereocenters. The standard InChI is InChI=1S/C11H16Cl2N4O/c1-17-2-3-18-7(6-17)5-15-11-9(13)4-8(12)10(14)16-11/h4,7H,2-3,5-6H2,1H3,(H3,14,15,16). The van der Waals surface area contributed by atoms with Crippen LogP contribution in [0.15, 0.2) is 6.07 Å². The number of anilines is 2. The molecular formula is C11H16Cl2N4O. The lowest BCUT2D eigenvalue weighted by Crippen LogP contribution is -2.43. The predicted molar refractivity (Wildman–Crippen MR) is 74.4 cm³/mol. The summed E-state index contributed by atoms with van der Waals surface area (Å²) in [5.74, 6) is 0.806. The van der Waals surface area contributed by atoms with Crippen molar-refractivity contribution in [3.63, 3.8) is 0 Å². The van der Waals surface area contributed by atoms with E-state index in [-0.39, 0.29) is 11.9 Å². The van der Waals surface area contributed by atoms with E-state index < -0.39 is 0 Å². The number of nitrogens with one attached hydrogen (secondary N) is 1. The summed E-state index contributed by atoms with van der Waals surface area (Å²) in [5, 5.41) is 3.96. The monoisotopic (exact) mass is 290 g/mol. The van der Waals surface area contributed by atoms with Crippen LogP contribution < -0.4 is 11.1 Å². The van der Waals surface area contributed by atoms with Crippen LogP contribution in [0.3, 0.4) is 0 Å². The van der Waals surface area contributed by atoms with Crippen LogP contribution in [0.1, 0.15) is 0 Å². The number of hydrogen-bond donors (Lipinski definition) is 2. The normalized spacial score (nSPS) is 20.9. The molecule has 5 nitrogen and oxygen atoms in total. The SMILES string of the molecule is CN1CCOC(CNc2nc(N)c(Cl)cc2Cl)C1.